The van der Waals surface area contributed by atoms with Crippen LogP contribution in [0.15, 0.2) is 30.3 Å². The Hall–Kier alpha value is -2.21. The molecule has 0 unspecified atom stereocenters. The maximum Gasteiger partial charge on any atom is 0.345 e. The number of benzene rings is 1. The number of amides is 1. The van der Waals surface area contributed by atoms with Crippen LogP contribution in [0.2, 0.25) is 0 Å². The second kappa shape index (κ2) is 5.19. The summed E-state index contributed by atoms with van der Waals surface area (Å²) in [5, 5.41) is 11.3. The number of carboxylic acid groups (broad SMARTS) is 1. The maximum absolute atomic E-state index is 13.3. The predicted molar refractivity (Wildman–Crippen MR) is 70.4 cm³/mol. The van der Waals surface area contributed by atoms with Gasteiger partial charge in [0.05, 0.1) is 4.88 Å². The van der Waals surface area contributed by atoms with E-state index in [0.29, 0.717) is 11.3 Å². The number of carboxylic acids is 1. The minimum atomic E-state index is -1.08. The van der Waals surface area contributed by atoms with Crippen LogP contribution in [0.1, 0.15) is 24.9 Å². The van der Waals surface area contributed by atoms with E-state index < -0.39 is 17.7 Å². The van der Waals surface area contributed by atoms with E-state index in [9.17, 15) is 14.0 Å². The van der Waals surface area contributed by atoms with E-state index in [0.717, 1.165) is 11.3 Å². The van der Waals surface area contributed by atoms with Gasteiger partial charge in [0.1, 0.15) is 10.7 Å². The van der Waals surface area contributed by atoms with Gasteiger partial charge < -0.3 is 10.4 Å². The molecular weight excluding hydrogens is 269 g/mol. The third-order valence-corrected chi connectivity index (χ3v) is 3.54. The van der Waals surface area contributed by atoms with Crippen molar-refractivity contribution in [3.8, 4) is 0 Å². The minimum Gasteiger partial charge on any atom is -0.477 e. The van der Waals surface area contributed by atoms with Gasteiger partial charge in [-0.05, 0) is 36.8 Å². The zero-order chi connectivity index (χ0) is 14.0. The van der Waals surface area contributed by atoms with Gasteiger partial charge in [-0.1, -0.05) is 6.07 Å². The first kappa shape index (κ1) is 13.2. The Labute approximate surface area is 112 Å². The van der Waals surface area contributed by atoms with E-state index in [2.05, 4.69) is 5.32 Å². The molecule has 6 heteroatoms. The molecule has 0 saturated carbocycles. The molecule has 0 bridgehead atoms. The van der Waals surface area contributed by atoms with Gasteiger partial charge in [-0.25, -0.2) is 9.18 Å². The summed E-state index contributed by atoms with van der Waals surface area (Å²) in [5.41, 5.74) is 0.820. The van der Waals surface area contributed by atoms with Crippen LogP contribution in [0, 0.1) is 12.7 Å². The third-order valence-electron chi connectivity index (χ3n) is 2.47. The van der Waals surface area contributed by atoms with Crippen LogP contribution in [-0.2, 0) is 0 Å². The van der Waals surface area contributed by atoms with Gasteiger partial charge in [0.2, 0.25) is 0 Å². The molecule has 1 aromatic carbocycles. The van der Waals surface area contributed by atoms with Crippen LogP contribution < -0.4 is 5.32 Å². The van der Waals surface area contributed by atoms with Crippen molar-refractivity contribution in [3.63, 3.8) is 0 Å². The van der Waals surface area contributed by atoms with Gasteiger partial charge >= 0.3 is 5.97 Å². The molecule has 19 heavy (non-hydrogen) atoms. The topological polar surface area (TPSA) is 66.4 Å². The van der Waals surface area contributed by atoms with Crippen LogP contribution in [0.25, 0.3) is 0 Å². The minimum absolute atomic E-state index is 0.0836. The van der Waals surface area contributed by atoms with E-state index in [1.165, 1.54) is 18.2 Å². The Bertz CT molecular complexity index is 651. The molecule has 0 fully saturated rings. The molecule has 4 nitrogen and oxygen atoms in total. The molecular formula is C13H10FNO3S. The lowest BCUT2D eigenvalue weighted by molar-refractivity contribution is 0.0702. The van der Waals surface area contributed by atoms with Crippen molar-refractivity contribution in [3.05, 3.63) is 51.5 Å². The number of anilines is 1. The van der Waals surface area contributed by atoms with Crippen molar-refractivity contribution in [2.24, 2.45) is 0 Å². The van der Waals surface area contributed by atoms with Crippen molar-refractivity contribution >= 4 is 28.9 Å². The SMILES string of the molecule is Cc1ccc(NC(=O)c2ccc(C(=O)O)s2)cc1F. The molecule has 1 aromatic heterocycles. The molecule has 98 valence electrons. The van der Waals surface area contributed by atoms with Gasteiger partial charge in [-0.15, -0.1) is 11.3 Å². The lowest BCUT2D eigenvalue weighted by atomic mass is 10.2. The highest BCUT2D eigenvalue weighted by Crippen LogP contribution is 2.19. The van der Waals surface area contributed by atoms with Gasteiger partial charge in [0.15, 0.2) is 0 Å². The van der Waals surface area contributed by atoms with Crippen molar-refractivity contribution in [1.82, 2.24) is 0 Å². The van der Waals surface area contributed by atoms with Crippen molar-refractivity contribution in [2.45, 2.75) is 6.92 Å². The molecule has 1 heterocycles. The Morgan fingerprint density at radius 3 is 2.47 bits per heavy atom. The second-order valence-corrected chi connectivity index (χ2v) is 4.97. The number of hydrogen-bond donors (Lipinski definition) is 2. The van der Waals surface area contributed by atoms with Crippen molar-refractivity contribution < 1.29 is 19.1 Å². The number of rotatable bonds is 3. The number of nitrogens with one attached hydrogen (secondary N) is 1. The summed E-state index contributed by atoms with van der Waals surface area (Å²) < 4.78 is 13.3. The maximum atomic E-state index is 13.3. The molecule has 0 aliphatic heterocycles. The molecule has 0 aliphatic carbocycles. The quantitative estimate of drug-likeness (QED) is 0.907. The van der Waals surface area contributed by atoms with Crippen LogP contribution in [0.5, 0.6) is 0 Å². The lowest BCUT2D eigenvalue weighted by Crippen LogP contribution is -2.10. The Morgan fingerprint density at radius 2 is 1.89 bits per heavy atom. The molecule has 2 rings (SSSR count). The Kier molecular flexibility index (Phi) is 3.62. The Balaban J connectivity index is 2.15. The molecule has 0 atom stereocenters. The van der Waals surface area contributed by atoms with Crippen molar-refractivity contribution in [1.29, 1.82) is 0 Å². The zero-order valence-electron chi connectivity index (χ0n) is 9.94. The third kappa shape index (κ3) is 2.97. The van der Waals surface area contributed by atoms with E-state index in [4.69, 9.17) is 5.11 Å². The normalized spacial score (nSPS) is 10.2. The molecule has 0 spiro atoms. The van der Waals surface area contributed by atoms with Crippen LogP contribution in [-0.4, -0.2) is 17.0 Å². The Morgan fingerprint density at radius 1 is 1.21 bits per heavy atom. The summed E-state index contributed by atoms with van der Waals surface area (Å²) in [5.74, 6) is -1.94. The summed E-state index contributed by atoms with van der Waals surface area (Å²) in [6.45, 7) is 1.62. The van der Waals surface area contributed by atoms with Crippen LogP contribution in [0.4, 0.5) is 10.1 Å². The summed E-state index contributed by atoms with van der Waals surface area (Å²) in [7, 11) is 0. The number of halogens is 1. The highest BCUT2D eigenvalue weighted by molar-refractivity contribution is 7.15. The highest BCUT2D eigenvalue weighted by Gasteiger charge is 2.13. The average molecular weight is 279 g/mol. The number of aromatic carboxylic acids is 1. The second-order valence-electron chi connectivity index (χ2n) is 3.89. The van der Waals surface area contributed by atoms with E-state index in [-0.39, 0.29) is 9.75 Å². The first-order valence-corrected chi connectivity index (χ1v) is 6.19. The number of aryl methyl sites for hydroxylation is 1. The van der Waals surface area contributed by atoms with Gasteiger partial charge in [0.25, 0.3) is 5.91 Å². The molecule has 1 amide bonds. The molecule has 2 N–H and O–H groups in total. The molecule has 2 aromatic rings. The van der Waals surface area contributed by atoms with E-state index in [1.807, 2.05) is 0 Å². The van der Waals surface area contributed by atoms with Crippen LogP contribution in [0.3, 0.4) is 0 Å². The van der Waals surface area contributed by atoms with Crippen molar-refractivity contribution in [2.75, 3.05) is 5.32 Å². The predicted octanol–water partition coefficient (Wildman–Crippen LogP) is 3.15. The van der Waals surface area contributed by atoms with Gasteiger partial charge in [0, 0.05) is 5.69 Å². The van der Waals surface area contributed by atoms with E-state index >= 15 is 0 Å². The fourth-order valence-electron chi connectivity index (χ4n) is 1.44. The van der Waals surface area contributed by atoms with Gasteiger partial charge in [-0.2, -0.15) is 0 Å². The van der Waals surface area contributed by atoms with Crippen LogP contribution >= 0.6 is 11.3 Å². The summed E-state index contributed by atoms with van der Waals surface area (Å²) in [6, 6.07) is 7.15. The molecule has 0 radical (unpaired) electrons. The number of carbonyl (C=O) groups is 2. The summed E-state index contributed by atoms with van der Waals surface area (Å²) in [6.07, 6.45) is 0. The fourth-order valence-corrected chi connectivity index (χ4v) is 2.18. The highest BCUT2D eigenvalue weighted by atomic mass is 32.1. The molecule has 0 saturated heterocycles. The monoisotopic (exact) mass is 279 g/mol. The summed E-state index contributed by atoms with van der Waals surface area (Å²) in [4.78, 5) is 22.9. The summed E-state index contributed by atoms with van der Waals surface area (Å²) >= 11 is 0.870. The fraction of sp³-hybridized carbons (Fsp3) is 0.0769. The number of hydrogen-bond acceptors (Lipinski definition) is 3. The lowest BCUT2D eigenvalue weighted by Gasteiger charge is -2.04. The van der Waals surface area contributed by atoms with E-state index in [1.54, 1.807) is 19.1 Å². The smallest absolute Gasteiger partial charge is 0.345 e. The first-order valence-electron chi connectivity index (χ1n) is 5.38. The van der Waals surface area contributed by atoms with Gasteiger partial charge in [-0.3, -0.25) is 4.79 Å². The largest absolute Gasteiger partial charge is 0.477 e. The molecule has 0 aliphatic rings. The number of thiophene rings is 1. The standard InChI is InChI=1S/C13H10FNO3S/c1-7-2-3-8(6-9(7)14)15-12(16)10-4-5-11(19-10)13(17)18/h2-6H,1H3,(H,15,16)(H,17,18). The first-order chi connectivity index (χ1) is 8.97. The number of carbonyl (C=O) groups excluding carboxylic acids is 1. The zero-order valence-corrected chi connectivity index (χ0v) is 10.8. The average Bonchev–Trinajstić information content (AvgIpc) is 2.83.